The van der Waals surface area contributed by atoms with E-state index in [-0.39, 0.29) is 0 Å². The number of fused-ring (bicyclic) bond motifs is 1. The zero-order valence-corrected chi connectivity index (χ0v) is 9.04. The van der Waals surface area contributed by atoms with Crippen molar-refractivity contribution in [2.45, 2.75) is 6.92 Å². The molecule has 16 heavy (non-hydrogen) atoms. The van der Waals surface area contributed by atoms with E-state index >= 15 is 0 Å². The lowest BCUT2D eigenvalue weighted by Gasteiger charge is -2.11. The van der Waals surface area contributed by atoms with E-state index in [1.54, 1.807) is 0 Å². The molecule has 0 saturated carbocycles. The maximum Gasteiger partial charge on any atom is 0.231 e. The summed E-state index contributed by atoms with van der Waals surface area (Å²) in [5, 5.41) is 6.41. The molecular weight excluding hydrogens is 206 g/mol. The van der Waals surface area contributed by atoms with Gasteiger partial charge < -0.3 is 20.1 Å². The minimum absolute atomic E-state index is 0.304. The molecule has 3 rings (SSSR count). The van der Waals surface area contributed by atoms with Crippen LogP contribution in [0.2, 0.25) is 0 Å². The summed E-state index contributed by atoms with van der Waals surface area (Å²) in [6, 6.07) is 3.89. The van der Waals surface area contributed by atoms with E-state index in [2.05, 4.69) is 15.6 Å². The van der Waals surface area contributed by atoms with Crippen LogP contribution in [-0.4, -0.2) is 25.8 Å². The highest BCUT2D eigenvalue weighted by atomic mass is 16.7. The average molecular weight is 219 g/mol. The number of hydrogen-bond acceptors (Lipinski definition) is 5. The Morgan fingerprint density at radius 3 is 3.12 bits per heavy atom. The van der Waals surface area contributed by atoms with Crippen LogP contribution in [0.5, 0.6) is 11.5 Å². The van der Waals surface area contributed by atoms with Gasteiger partial charge in [0.2, 0.25) is 6.79 Å². The van der Waals surface area contributed by atoms with Crippen LogP contribution in [0.25, 0.3) is 0 Å². The minimum Gasteiger partial charge on any atom is -0.454 e. The first-order chi connectivity index (χ1) is 7.84. The quantitative estimate of drug-likeness (QED) is 0.742. The molecule has 0 radical (unpaired) electrons. The number of nitrogens with zero attached hydrogens (tertiary/aromatic N) is 1. The van der Waals surface area contributed by atoms with Crippen molar-refractivity contribution < 1.29 is 9.47 Å². The summed E-state index contributed by atoms with van der Waals surface area (Å²) in [6.45, 7) is 4.03. The maximum absolute atomic E-state index is 5.41. The molecule has 2 aliphatic heterocycles. The van der Waals surface area contributed by atoms with Gasteiger partial charge in [0.1, 0.15) is 0 Å². The van der Waals surface area contributed by atoms with E-state index in [4.69, 9.17) is 9.47 Å². The fourth-order valence-corrected chi connectivity index (χ4v) is 1.86. The van der Waals surface area contributed by atoms with Crippen molar-refractivity contribution in [1.29, 1.82) is 0 Å². The molecule has 0 aliphatic carbocycles. The first-order valence-electron chi connectivity index (χ1n) is 5.29. The molecule has 0 fully saturated rings. The molecule has 0 atom stereocenters. The van der Waals surface area contributed by atoms with Crippen LogP contribution in [0, 0.1) is 6.92 Å². The van der Waals surface area contributed by atoms with Gasteiger partial charge in [-0.1, -0.05) is 0 Å². The summed E-state index contributed by atoms with van der Waals surface area (Å²) in [5.41, 5.74) is 2.05. The predicted octanol–water partition coefficient (Wildman–Crippen LogP) is 1.09. The molecule has 5 nitrogen and oxygen atoms in total. The van der Waals surface area contributed by atoms with E-state index in [0.29, 0.717) is 6.79 Å². The van der Waals surface area contributed by atoms with Gasteiger partial charge in [-0.15, -0.1) is 0 Å². The van der Waals surface area contributed by atoms with Crippen molar-refractivity contribution in [3.8, 4) is 11.5 Å². The fourth-order valence-electron chi connectivity index (χ4n) is 1.86. The average Bonchev–Trinajstić information content (AvgIpc) is 2.93. The largest absolute Gasteiger partial charge is 0.454 e. The highest BCUT2D eigenvalue weighted by Gasteiger charge is 2.18. The summed E-state index contributed by atoms with van der Waals surface area (Å²) < 4.78 is 10.7. The third-order valence-corrected chi connectivity index (χ3v) is 2.71. The zero-order valence-electron chi connectivity index (χ0n) is 9.04. The van der Waals surface area contributed by atoms with Gasteiger partial charge in [-0.05, 0) is 19.1 Å². The fraction of sp³-hybridized carbons (Fsp3) is 0.364. The Hall–Kier alpha value is -1.91. The number of ether oxygens (including phenoxy) is 2. The number of benzene rings is 1. The zero-order chi connectivity index (χ0) is 11.0. The molecule has 0 amide bonds. The normalized spacial score (nSPS) is 16.9. The Bertz CT molecular complexity index is 457. The first-order valence-corrected chi connectivity index (χ1v) is 5.29. The van der Waals surface area contributed by atoms with Crippen LogP contribution < -0.4 is 20.1 Å². The highest BCUT2D eigenvalue weighted by molar-refractivity contribution is 5.95. The van der Waals surface area contributed by atoms with E-state index in [0.717, 1.165) is 41.8 Å². The lowest BCUT2D eigenvalue weighted by atomic mass is 10.1. The van der Waals surface area contributed by atoms with E-state index in [9.17, 15) is 0 Å². The molecule has 84 valence electrons. The minimum atomic E-state index is 0.304. The van der Waals surface area contributed by atoms with Crippen LogP contribution in [-0.2, 0) is 0 Å². The van der Waals surface area contributed by atoms with E-state index < -0.39 is 0 Å². The third-order valence-electron chi connectivity index (χ3n) is 2.71. The molecule has 0 aromatic heterocycles. The molecule has 2 heterocycles. The van der Waals surface area contributed by atoms with Crippen LogP contribution in [0.1, 0.15) is 5.56 Å². The van der Waals surface area contributed by atoms with Crippen LogP contribution >= 0.6 is 0 Å². The number of anilines is 1. The lowest BCUT2D eigenvalue weighted by Crippen LogP contribution is -2.26. The van der Waals surface area contributed by atoms with Gasteiger partial charge in [-0.3, -0.25) is 4.99 Å². The Morgan fingerprint density at radius 2 is 2.31 bits per heavy atom. The summed E-state index contributed by atoms with van der Waals surface area (Å²) in [4.78, 5) is 4.29. The topological polar surface area (TPSA) is 54.9 Å². The Balaban J connectivity index is 1.90. The van der Waals surface area contributed by atoms with E-state index in [1.807, 2.05) is 19.1 Å². The molecular formula is C11H13N3O2. The van der Waals surface area contributed by atoms with Gasteiger partial charge in [0.05, 0.1) is 6.54 Å². The summed E-state index contributed by atoms with van der Waals surface area (Å²) in [7, 11) is 0. The highest BCUT2D eigenvalue weighted by Crippen LogP contribution is 2.38. The molecule has 2 aliphatic rings. The van der Waals surface area contributed by atoms with E-state index in [1.165, 1.54) is 0 Å². The molecule has 1 aromatic rings. The van der Waals surface area contributed by atoms with Crippen molar-refractivity contribution in [1.82, 2.24) is 5.32 Å². The number of aliphatic imine (C=N–C) groups is 1. The van der Waals surface area contributed by atoms with Gasteiger partial charge in [-0.25, -0.2) is 0 Å². The Kier molecular flexibility index (Phi) is 2.09. The number of hydrogen-bond donors (Lipinski definition) is 2. The van der Waals surface area contributed by atoms with Crippen molar-refractivity contribution >= 4 is 11.6 Å². The molecule has 0 saturated heterocycles. The monoisotopic (exact) mass is 219 g/mol. The number of guanidine groups is 1. The van der Waals surface area contributed by atoms with Gasteiger partial charge in [-0.2, -0.15) is 0 Å². The number of rotatable bonds is 1. The smallest absolute Gasteiger partial charge is 0.231 e. The molecule has 1 aromatic carbocycles. The second-order valence-electron chi connectivity index (χ2n) is 3.75. The summed E-state index contributed by atoms with van der Waals surface area (Å²) in [6.07, 6.45) is 0. The molecule has 2 N–H and O–H groups in total. The van der Waals surface area contributed by atoms with Crippen molar-refractivity contribution in [2.24, 2.45) is 4.99 Å². The van der Waals surface area contributed by atoms with Crippen molar-refractivity contribution in [3.05, 3.63) is 17.7 Å². The SMILES string of the molecule is Cc1c(NC2=NCCN2)ccc2c1OCO2. The molecule has 0 spiro atoms. The molecule has 0 unspecified atom stereocenters. The maximum atomic E-state index is 5.41. The second kappa shape index (κ2) is 3.59. The number of nitrogens with one attached hydrogen (secondary N) is 2. The van der Waals surface area contributed by atoms with Crippen LogP contribution in [0.4, 0.5) is 5.69 Å². The summed E-state index contributed by atoms with van der Waals surface area (Å²) >= 11 is 0. The first kappa shape index (κ1) is 9.33. The van der Waals surface area contributed by atoms with Gasteiger partial charge in [0, 0.05) is 17.8 Å². The second-order valence-corrected chi connectivity index (χ2v) is 3.75. The van der Waals surface area contributed by atoms with Crippen LogP contribution in [0.15, 0.2) is 17.1 Å². The third kappa shape index (κ3) is 1.44. The predicted molar refractivity (Wildman–Crippen MR) is 61.2 cm³/mol. The van der Waals surface area contributed by atoms with Crippen molar-refractivity contribution in [2.75, 3.05) is 25.2 Å². The van der Waals surface area contributed by atoms with Crippen LogP contribution in [0.3, 0.4) is 0 Å². The summed E-state index contributed by atoms with van der Waals surface area (Å²) in [5.74, 6) is 2.45. The Labute approximate surface area is 93.5 Å². The van der Waals surface area contributed by atoms with Crippen molar-refractivity contribution in [3.63, 3.8) is 0 Å². The standard InChI is InChI=1S/C11H13N3O2/c1-7-8(14-11-12-4-5-13-11)2-3-9-10(7)16-6-15-9/h2-3H,4-6H2,1H3,(H2,12,13,14). The molecule has 5 heteroatoms. The van der Waals surface area contributed by atoms with Gasteiger partial charge in [0.15, 0.2) is 17.5 Å². The van der Waals surface area contributed by atoms with Gasteiger partial charge in [0.25, 0.3) is 0 Å². The molecule has 0 bridgehead atoms. The lowest BCUT2D eigenvalue weighted by molar-refractivity contribution is 0.173. The van der Waals surface area contributed by atoms with Gasteiger partial charge >= 0.3 is 0 Å². The Morgan fingerprint density at radius 1 is 1.38 bits per heavy atom.